The number of fused-ring (bicyclic) bond motifs is 1. The van der Waals surface area contributed by atoms with Crippen LogP contribution < -0.4 is 10.1 Å². The predicted octanol–water partition coefficient (Wildman–Crippen LogP) is 7.75. The van der Waals surface area contributed by atoms with Crippen molar-refractivity contribution in [3.8, 4) is 5.75 Å². The third kappa shape index (κ3) is 5.22. The van der Waals surface area contributed by atoms with Gasteiger partial charge < -0.3 is 15.2 Å². The second-order valence-electron chi connectivity index (χ2n) is 11.2. The molecule has 0 radical (unpaired) electrons. The maximum Gasteiger partial charge on any atom is 0.420 e. The van der Waals surface area contributed by atoms with Crippen molar-refractivity contribution in [3.63, 3.8) is 0 Å². The smallest absolute Gasteiger partial charge is 0.420 e. The van der Waals surface area contributed by atoms with E-state index in [1.807, 2.05) is 26.8 Å². The van der Waals surface area contributed by atoms with Crippen molar-refractivity contribution in [2.24, 2.45) is 17.3 Å². The topological polar surface area (TPSA) is 58.6 Å². The normalized spacial score (nSPS) is 26.9. The molecule has 2 aromatic rings. The van der Waals surface area contributed by atoms with Gasteiger partial charge in [0.15, 0.2) is 0 Å². The minimum atomic E-state index is -4.55. The third-order valence-corrected chi connectivity index (χ3v) is 8.73. The molecule has 0 saturated heterocycles. The first kappa shape index (κ1) is 26.8. The molecule has 4 nitrogen and oxygen atoms in total. The lowest BCUT2D eigenvalue weighted by molar-refractivity contribution is -0.155. The fourth-order valence-corrected chi connectivity index (χ4v) is 6.08. The van der Waals surface area contributed by atoms with Crippen molar-refractivity contribution < 1.29 is 27.8 Å². The third-order valence-electron chi connectivity index (χ3n) is 8.73. The van der Waals surface area contributed by atoms with Crippen molar-refractivity contribution in [2.45, 2.75) is 97.0 Å². The summed E-state index contributed by atoms with van der Waals surface area (Å²) in [6.07, 6.45) is 1.09. The minimum absolute atomic E-state index is 0.0192. The molecule has 3 atom stereocenters. The molecule has 0 unspecified atom stereocenters. The Labute approximate surface area is 211 Å². The molecule has 0 amide bonds. The van der Waals surface area contributed by atoms with E-state index in [-0.39, 0.29) is 29.3 Å². The van der Waals surface area contributed by atoms with Gasteiger partial charge in [-0.25, -0.2) is 0 Å². The maximum absolute atomic E-state index is 14.4. The van der Waals surface area contributed by atoms with Crippen LogP contribution in [0.3, 0.4) is 0 Å². The molecule has 2 aromatic carbocycles. The van der Waals surface area contributed by atoms with Gasteiger partial charge in [-0.05, 0) is 78.3 Å². The van der Waals surface area contributed by atoms with Crippen LogP contribution in [0.2, 0.25) is 0 Å². The van der Waals surface area contributed by atoms with Gasteiger partial charge >= 0.3 is 12.1 Å². The van der Waals surface area contributed by atoms with Gasteiger partial charge in [0.1, 0.15) is 11.3 Å². The Morgan fingerprint density at radius 1 is 1.14 bits per heavy atom. The van der Waals surface area contributed by atoms with Crippen LogP contribution in [0.15, 0.2) is 30.3 Å². The lowest BCUT2D eigenvalue weighted by Gasteiger charge is -2.51. The van der Waals surface area contributed by atoms with Crippen LogP contribution >= 0.6 is 0 Å². The molecule has 2 aliphatic carbocycles. The van der Waals surface area contributed by atoms with Crippen molar-refractivity contribution in [3.05, 3.63) is 41.5 Å². The Balaban J connectivity index is 1.63. The zero-order valence-electron chi connectivity index (χ0n) is 21.6. The summed E-state index contributed by atoms with van der Waals surface area (Å²) in [6.45, 7) is 8.00. The molecule has 4 rings (SSSR count). The number of aliphatic carboxylic acids is 1. The van der Waals surface area contributed by atoms with Gasteiger partial charge in [0.05, 0.1) is 12.0 Å². The van der Waals surface area contributed by atoms with Gasteiger partial charge in [-0.2, -0.15) is 13.2 Å². The van der Waals surface area contributed by atoms with E-state index in [0.29, 0.717) is 24.1 Å². The molecular weight excluding hydrogens is 467 g/mol. The molecule has 0 bridgehead atoms. The monoisotopic (exact) mass is 505 g/mol. The Kier molecular flexibility index (Phi) is 7.61. The van der Waals surface area contributed by atoms with E-state index >= 15 is 0 Å². The molecule has 2 saturated carbocycles. The average molecular weight is 506 g/mol. The molecule has 36 heavy (non-hydrogen) atoms. The summed E-state index contributed by atoms with van der Waals surface area (Å²) in [5.41, 5.74) is -0.361. The van der Waals surface area contributed by atoms with Crippen molar-refractivity contribution in [1.82, 2.24) is 5.32 Å². The van der Waals surface area contributed by atoms with Gasteiger partial charge in [0.2, 0.25) is 0 Å². The molecule has 198 valence electrons. The predicted molar refractivity (Wildman–Crippen MR) is 135 cm³/mol. The van der Waals surface area contributed by atoms with E-state index < -0.39 is 29.0 Å². The standard InChI is InChI=1S/C29H38F3NO3/c1-5-17-7-12-20(13-8-17)36-24-14-11-18-9-10-19(15-21(18)26(24)29(30,31)32)23(6-2)33-25-16-22(27(34)35)28(25,3)4/h9-11,14-15,17,20,22-23,25,33H,5-8,12-13,16H2,1-4H3,(H,34,35)/t17?,20?,22-,23-,25-/m1/s1. The first-order chi connectivity index (χ1) is 17.0. The highest BCUT2D eigenvalue weighted by atomic mass is 19.4. The molecule has 2 aliphatic rings. The van der Waals surface area contributed by atoms with E-state index in [2.05, 4.69) is 12.2 Å². The highest BCUT2D eigenvalue weighted by Gasteiger charge is 2.52. The molecule has 0 aliphatic heterocycles. The van der Waals surface area contributed by atoms with Crippen molar-refractivity contribution in [2.75, 3.05) is 0 Å². The Morgan fingerprint density at radius 2 is 1.81 bits per heavy atom. The largest absolute Gasteiger partial charge is 0.490 e. The summed E-state index contributed by atoms with van der Waals surface area (Å²) in [7, 11) is 0. The van der Waals surface area contributed by atoms with E-state index in [0.717, 1.165) is 37.7 Å². The molecule has 2 fully saturated rings. The summed E-state index contributed by atoms with van der Waals surface area (Å²) < 4.78 is 49.2. The maximum atomic E-state index is 14.4. The number of hydrogen-bond donors (Lipinski definition) is 2. The molecule has 0 spiro atoms. The molecule has 0 aromatic heterocycles. The first-order valence-electron chi connectivity index (χ1n) is 13.2. The van der Waals surface area contributed by atoms with Crippen molar-refractivity contribution in [1.29, 1.82) is 0 Å². The molecular formula is C29H38F3NO3. The van der Waals surface area contributed by atoms with Gasteiger partial charge in [-0.3, -0.25) is 4.79 Å². The molecule has 0 heterocycles. The van der Waals surface area contributed by atoms with Crippen LogP contribution in [0.4, 0.5) is 13.2 Å². The summed E-state index contributed by atoms with van der Waals surface area (Å²) >= 11 is 0. The number of hydrogen-bond acceptors (Lipinski definition) is 3. The summed E-state index contributed by atoms with van der Waals surface area (Å²) in [5, 5.41) is 13.6. The first-order valence-corrected chi connectivity index (χ1v) is 13.2. The fraction of sp³-hybridized carbons (Fsp3) is 0.621. The SMILES string of the molecule is CCC1CCC(Oc2ccc3ccc([C@@H](CC)N[C@@H]4C[C@H](C(=O)O)C4(C)C)cc3c2C(F)(F)F)CC1. The second kappa shape index (κ2) is 10.2. The number of carbonyl (C=O) groups is 1. The lowest BCUT2D eigenvalue weighted by atomic mass is 9.58. The number of ether oxygens (including phenoxy) is 1. The number of alkyl halides is 3. The van der Waals surface area contributed by atoms with Gasteiger partial charge in [0, 0.05) is 12.1 Å². The van der Waals surface area contributed by atoms with Gasteiger partial charge in [-0.1, -0.05) is 52.3 Å². The number of nitrogens with one attached hydrogen (secondary N) is 1. The van der Waals surface area contributed by atoms with Crippen LogP contribution in [-0.4, -0.2) is 23.2 Å². The highest BCUT2D eigenvalue weighted by Crippen LogP contribution is 2.48. The number of halogens is 3. The molecule has 2 N–H and O–H groups in total. The number of benzene rings is 2. The highest BCUT2D eigenvalue weighted by molar-refractivity contribution is 5.89. The van der Waals surface area contributed by atoms with E-state index in [1.165, 1.54) is 6.07 Å². The van der Waals surface area contributed by atoms with Gasteiger partial charge in [0.25, 0.3) is 0 Å². The summed E-state index contributed by atoms with van der Waals surface area (Å²) in [5.74, 6) is -0.677. The minimum Gasteiger partial charge on any atom is -0.490 e. The van der Waals surface area contributed by atoms with Crippen LogP contribution in [-0.2, 0) is 11.0 Å². The second-order valence-corrected chi connectivity index (χ2v) is 11.2. The Morgan fingerprint density at radius 3 is 2.36 bits per heavy atom. The quantitative estimate of drug-likeness (QED) is 0.385. The number of carboxylic acid groups (broad SMARTS) is 1. The fourth-order valence-electron chi connectivity index (χ4n) is 6.08. The zero-order chi connectivity index (χ0) is 26.3. The lowest BCUT2D eigenvalue weighted by Crippen LogP contribution is -2.59. The van der Waals surface area contributed by atoms with E-state index in [1.54, 1.807) is 18.2 Å². The molecule has 7 heteroatoms. The van der Waals surface area contributed by atoms with E-state index in [4.69, 9.17) is 4.74 Å². The Hall–Kier alpha value is -2.28. The van der Waals surface area contributed by atoms with Crippen molar-refractivity contribution >= 4 is 16.7 Å². The zero-order valence-corrected chi connectivity index (χ0v) is 21.6. The number of rotatable bonds is 8. The van der Waals surface area contributed by atoms with Crippen LogP contribution in [0, 0.1) is 17.3 Å². The van der Waals surface area contributed by atoms with Crippen LogP contribution in [0.25, 0.3) is 10.8 Å². The number of carboxylic acids is 1. The van der Waals surface area contributed by atoms with Gasteiger partial charge in [-0.15, -0.1) is 0 Å². The summed E-state index contributed by atoms with van der Waals surface area (Å²) in [4.78, 5) is 11.5. The Bertz CT molecular complexity index is 1090. The van der Waals surface area contributed by atoms with Crippen LogP contribution in [0.5, 0.6) is 5.75 Å². The summed E-state index contributed by atoms with van der Waals surface area (Å²) in [6, 6.07) is 8.23. The average Bonchev–Trinajstić information content (AvgIpc) is 2.82. The van der Waals surface area contributed by atoms with E-state index in [9.17, 15) is 23.1 Å². The van der Waals surface area contributed by atoms with Crippen LogP contribution in [0.1, 0.15) is 89.8 Å².